The molecule has 1 aliphatic heterocycles. The van der Waals surface area contributed by atoms with Gasteiger partial charge in [0.15, 0.2) is 11.6 Å². The molecule has 144 valence electrons. The maximum Gasteiger partial charge on any atom is 0.404 e. The van der Waals surface area contributed by atoms with Gasteiger partial charge in [0.1, 0.15) is 5.82 Å². The highest BCUT2D eigenvalue weighted by Gasteiger charge is 2.38. The first-order valence-electron chi connectivity index (χ1n) is 7.63. The van der Waals surface area contributed by atoms with Crippen LogP contribution >= 0.6 is 11.6 Å². The number of benzene rings is 1. The number of carbonyl (C=O) groups is 1. The Hall–Kier alpha value is -2.82. The van der Waals surface area contributed by atoms with Crippen molar-refractivity contribution >= 4 is 23.6 Å². The number of hydrogen-bond donors (Lipinski definition) is 2. The van der Waals surface area contributed by atoms with E-state index in [-0.39, 0.29) is 35.9 Å². The largest absolute Gasteiger partial charge is 0.467 e. The maximum atomic E-state index is 14.2. The Morgan fingerprint density at radius 2 is 1.93 bits per heavy atom. The number of nitrogens with zero attached hydrogens (tertiary/aromatic N) is 4. The van der Waals surface area contributed by atoms with Crippen molar-refractivity contribution in [3.8, 4) is 6.01 Å². The Balaban J connectivity index is 1.97. The molecular formula is C15H13ClF3N5O3. The molecule has 0 aliphatic carbocycles. The van der Waals surface area contributed by atoms with Crippen LogP contribution in [0.15, 0.2) is 12.1 Å². The van der Waals surface area contributed by atoms with Crippen LogP contribution < -0.4 is 15.0 Å². The standard InChI is InChI=1S/C15H13ClF3N5O3/c1-27-14-22-12(16)21-13(23-14)24-4-7(11(5-24)20-15(25)26)6-2-9(18)10(19)3-8(6)17/h2-3,7,11,20H,4-5H2,1H3,(H,25,26)/t7-,11+/m1/s1. The monoisotopic (exact) mass is 403 g/mol. The van der Waals surface area contributed by atoms with Gasteiger partial charge in [-0.05, 0) is 23.2 Å². The Morgan fingerprint density at radius 3 is 2.59 bits per heavy atom. The number of anilines is 1. The fourth-order valence-corrected chi connectivity index (χ4v) is 3.11. The van der Waals surface area contributed by atoms with Crippen molar-refractivity contribution in [1.29, 1.82) is 0 Å². The van der Waals surface area contributed by atoms with Gasteiger partial charge in [-0.15, -0.1) is 0 Å². The minimum Gasteiger partial charge on any atom is -0.467 e. The van der Waals surface area contributed by atoms with Crippen molar-refractivity contribution in [2.45, 2.75) is 12.0 Å². The third-order valence-electron chi connectivity index (χ3n) is 4.11. The van der Waals surface area contributed by atoms with Crippen LogP contribution in [0.25, 0.3) is 0 Å². The predicted octanol–water partition coefficient (Wildman–Crippen LogP) is 2.19. The number of carboxylic acid groups (broad SMARTS) is 1. The number of rotatable bonds is 4. The molecule has 2 aromatic rings. The van der Waals surface area contributed by atoms with Crippen LogP contribution in [0.2, 0.25) is 5.28 Å². The van der Waals surface area contributed by atoms with E-state index in [1.54, 1.807) is 0 Å². The lowest BCUT2D eigenvalue weighted by atomic mass is 9.93. The number of halogens is 4. The fourth-order valence-electron chi connectivity index (χ4n) is 2.96. The summed E-state index contributed by atoms with van der Waals surface area (Å²) in [4.78, 5) is 24.3. The zero-order valence-electron chi connectivity index (χ0n) is 13.8. The van der Waals surface area contributed by atoms with E-state index in [4.69, 9.17) is 21.4 Å². The van der Waals surface area contributed by atoms with E-state index in [0.717, 1.165) is 6.07 Å². The lowest BCUT2D eigenvalue weighted by Crippen LogP contribution is -2.39. The molecule has 1 aromatic carbocycles. The summed E-state index contributed by atoms with van der Waals surface area (Å²) in [6.07, 6.45) is -1.35. The number of ether oxygens (including phenoxy) is 1. The van der Waals surface area contributed by atoms with Gasteiger partial charge in [-0.3, -0.25) is 0 Å². The second-order valence-corrected chi connectivity index (χ2v) is 6.08. The minimum absolute atomic E-state index is 0.0242. The molecule has 1 aromatic heterocycles. The lowest BCUT2D eigenvalue weighted by molar-refractivity contribution is 0.189. The summed E-state index contributed by atoms with van der Waals surface area (Å²) >= 11 is 5.81. The Bertz CT molecular complexity index is 888. The molecule has 1 aliphatic rings. The van der Waals surface area contributed by atoms with Crippen LogP contribution in [0, 0.1) is 17.5 Å². The number of aromatic nitrogens is 3. The highest BCUT2D eigenvalue weighted by Crippen LogP contribution is 2.33. The first kappa shape index (κ1) is 19.0. The van der Waals surface area contributed by atoms with E-state index in [1.165, 1.54) is 12.0 Å². The molecule has 2 N–H and O–H groups in total. The van der Waals surface area contributed by atoms with E-state index in [1.807, 2.05) is 0 Å². The zero-order valence-corrected chi connectivity index (χ0v) is 14.5. The van der Waals surface area contributed by atoms with Crippen LogP contribution in [0.4, 0.5) is 23.9 Å². The molecule has 27 heavy (non-hydrogen) atoms. The average Bonchev–Trinajstić information content (AvgIpc) is 3.00. The number of nitrogens with one attached hydrogen (secondary N) is 1. The molecule has 0 unspecified atom stereocenters. The quantitative estimate of drug-likeness (QED) is 0.755. The summed E-state index contributed by atoms with van der Waals surface area (Å²) in [5.74, 6) is -4.29. The highest BCUT2D eigenvalue weighted by atomic mass is 35.5. The fraction of sp³-hybridized carbons (Fsp3) is 0.333. The number of amides is 1. The SMILES string of the molecule is COc1nc(Cl)nc(N2C[C@H](NC(=O)O)[C@@H](c3cc(F)c(F)cc3F)C2)n1. The van der Waals surface area contributed by atoms with E-state index in [0.29, 0.717) is 6.07 Å². The van der Waals surface area contributed by atoms with Crippen molar-refractivity contribution in [2.75, 3.05) is 25.1 Å². The van der Waals surface area contributed by atoms with Gasteiger partial charge in [0, 0.05) is 25.1 Å². The molecule has 2 atom stereocenters. The Morgan fingerprint density at radius 1 is 1.22 bits per heavy atom. The van der Waals surface area contributed by atoms with Crippen LogP contribution in [0.3, 0.4) is 0 Å². The summed E-state index contributed by atoms with van der Waals surface area (Å²) in [7, 11) is 1.33. The van der Waals surface area contributed by atoms with Crippen molar-refractivity contribution in [1.82, 2.24) is 20.3 Å². The molecule has 1 amide bonds. The predicted molar refractivity (Wildman–Crippen MR) is 87.6 cm³/mol. The molecule has 3 rings (SSSR count). The average molecular weight is 404 g/mol. The topological polar surface area (TPSA) is 100 Å². The van der Waals surface area contributed by atoms with Crippen molar-refractivity contribution in [3.05, 3.63) is 40.4 Å². The van der Waals surface area contributed by atoms with Gasteiger partial charge < -0.3 is 20.1 Å². The minimum atomic E-state index is -1.35. The van der Waals surface area contributed by atoms with Crippen molar-refractivity contribution < 1.29 is 27.8 Å². The summed E-state index contributed by atoms with van der Waals surface area (Å²) in [6, 6.07) is 0.253. The van der Waals surface area contributed by atoms with Crippen molar-refractivity contribution in [2.24, 2.45) is 0 Å². The van der Waals surface area contributed by atoms with Crippen LogP contribution in [0.1, 0.15) is 11.5 Å². The first-order valence-corrected chi connectivity index (χ1v) is 8.00. The van der Waals surface area contributed by atoms with E-state index in [9.17, 15) is 18.0 Å². The summed E-state index contributed by atoms with van der Waals surface area (Å²) in [6.45, 7) is 0.0648. The summed E-state index contributed by atoms with van der Waals surface area (Å²) < 4.78 is 46.0. The van der Waals surface area contributed by atoms with Crippen LogP contribution in [-0.2, 0) is 0 Å². The smallest absolute Gasteiger partial charge is 0.404 e. The zero-order chi connectivity index (χ0) is 19.7. The van der Waals surface area contributed by atoms with Gasteiger partial charge in [-0.1, -0.05) is 0 Å². The third kappa shape index (κ3) is 3.97. The molecular weight excluding hydrogens is 391 g/mol. The van der Waals surface area contributed by atoms with Gasteiger partial charge in [0.25, 0.3) is 0 Å². The second kappa shape index (κ2) is 7.43. The second-order valence-electron chi connectivity index (χ2n) is 5.75. The van der Waals surface area contributed by atoms with E-state index >= 15 is 0 Å². The maximum absolute atomic E-state index is 14.2. The number of methoxy groups -OCH3 is 1. The molecule has 12 heteroatoms. The van der Waals surface area contributed by atoms with Gasteiger partial charge >= 0.3 is 12.1 Å². The van der Waals surface area contributed by atoms with Gasteiger partial charge in [0.05, 0.1) is 13.2 Å². The molecule has 8 nitrogen and oxygen atoms in total. The summed E-state index contributed by atoms with van der Waals surface area (Å²) in [5.41, 5.74) is -0.165. The first-order chi connectivity index (χ1) is 12.8. The summed E-state index contributed by atoms with van der Waals surface area (Å²) in [5, 5.41) is 11.2. The van der Waals surface area contributed by atoms with Crippen LogP contribution in [0.5, 0.6) is 6.01 Å². The van der Waals surface area contributed by atoms with Crippen molar-refractivity contribution in [3.63, 3.8) is 0 Å². The molecule has 0 bridgehead atoms. The van der Waals surface area contributed by atoms with E-state index < -0.39 is 35.5 Å². The van der Waals surface area contributed by atoms with Gasteiger partial charge in [-0.2, -0.15) is 15.0 Å². The van der Waals surface area contributed by atoms with Gasteiger partial charge in [0.2, 0.25) is 11.2 Å². The Kier molecular flexibility index (Phi) is 5.22. The molecule has 0 radical (unpaired) electrons. The normalized spacial score (nSPS) is 19.2. The van der Waals surface area contributed by atoms with Gasteiger partial charge in [-0.25, -0.2) is 18.0 Å². The molecule has 1 saturated heterocycles. The Labute approximate surface area is 156 Å². The van der Waals surface area contributed by atoms with Crippen LogP contribution in [-0.4, -0.2) is 52.4 Å². The third-order valence-corrected chi connectivity index (χ3v) is 4.28. The molecule has 2 heterocycles. The highest BCUT2D eigenvalue weighted by molar-refractivity contribution is 6.28. The van der Waals surface area contributed by atoms with E-state index in [2.05, 4.69) is 20.3 Å². The lowest BCUT2D eigenvalue weighted by Gasteiger charge is -2.19. The number of hydrogen-bond acceptors (Lipinski definition) is 6. The molecule has 1 fully saturated rings. The molecule has 0 saturated carbocycles. The molecule has 0 spiro atoms.